The number of hydrogen-bond acceptors (Lipinski definition) is 9. The van der Waals surface area contributed by atoms with Crippen molar-refractivity contribution in [1.29, 1.82) is 0 Å². The second-order valence-electron chi connectivity index (χ2n) is 10.4. The number of rotatable bonds is 7. The van der Waals surface area contributed by atoms with E-state index in [1.807, 2.05) is 42.5 Å². The number of halogens is 1. The van der Waals surface area contributed by atoms with Crippen molar-refractivity contribution in [3.05, 3.63) is 64.8 Å². The predicted molar refractivity (Wildman–Crippen MR) is 155 cm³/mol. The molecule has 2 aromatic carbocycles. The molecule has 2 amide bonds. The molecule has 3 aromatic rings. The maximum absolute atomic E-state index is 12.3. The van der Waals surface area contributed by atoms with E-state index in [2.05, 4.69) is 32.4 Å². The molecule has 204 valence electrons. The number of nitrogens with zero attached hydrogens (tertiary/aromatic N) is 3. The van der Waals surface area contributed by atoms with Crippen LogP contribution >= 0.6 is 23.4 Å². The molecular weight excluding hydrogens is 534 g/mol. The lowest BCUT2D eigenvalue weighted by atomic mass is 9.89. The second-order valence-corrected chi connectivity index (χ2v) is 11.8. The normalized spacial score (nSPS) is 19.1. The molecule has 39 heavy (non-hydrogen) atoms. The first-order valence-corrected chi connectivity index (χ1v) is 14.2. The molecule has 0 aliphatic carbocycles. The standard InChI is InChI=1S/C28H32ClN7O2S/c1-28(31)10-12-36(13-11-28)22-16-33-27(25(30)34-22)39-21-7-3-6-20(24(21)29)32-15-17-4-2-5-18(14-17)19-8-9-23(37)35-26(19)38/h2-7,14,16,19,32H,8-13,15,31H2,1H3,(H2,30,34)(H,35,37,38). The van der Waals surface area contributed by atoms with Crippen LogP contribution in [0.3, 0.4) is 0 Å². The van der Waals surface area contributed by atoms with Crippen molar-refractivity contribution >= 4 is 52.5 Å². The maximum atomic E-state index is 12.3. The van der Waals surface area contributed by atoms with Gasteiger partial charge in [-0.25, -0.2) is 9.97 Å². The van der Waals surface area contributed by atoms with Crippen LogP contribution in [0.1, 0.15) is 49.7 Å². The fourth-order valence-corrected chi connectivity index (χ4v) is 5.94. The van der Waals surface area contributed by atoms with Crippen LogP contribution in [0.5, 0.6) is 0 Å². The zero-order valence-electron chi connectivity index (χ0n) is 21.7. The lowest BCUT2D eigenvalue weighted by Gasteiger charge is -2.37. The Morgan fingerprint density at radius 3 is 2.72 bits per heavy atom. The lowest BCUT2D eigenvalue weighted by Crippen LogP contribution is -2.48. The molecule has 1 atom stereocenters. The third-order valence-electron chi connectivity index (χ3n) is 7.23. The molecule has 3 heterocycles. The van der Waals surface area contributed by atoms with Crippen LogP contribution < -0.4 is 27.0 Å². The number of benzene rings is 2. The zero-order valence-corrected chi connectivity index (χ0v) is 23.3. The van der Waals surface area contributed by atoms with Gasteiger partial charge in [-0.05, 0) is 49.4 Å². The Morgan fingerprint density at radius 2 is 1.97 bits per heavy atom. The number of nitrogens with two attached hydrogens (primary N) is 2. The smallest absolute Gasteiger partial charge is 0.234 e. The molecule has 11 heteroatoms. The van der Waals surface area contributed by atoms with E-state index < -0.39 is 0 Å². The third-order valence-corrected chi connectivity index (χ3v) is 8.81. The molecule has 1 aromatic heterocycles. The predicted octanol–water partition coefficient (Wildman–Crippen LogP) is 4.31. The summed E-state index contributed by atoms with van der Waals surface area (Å²) >= 11 is 8.14. The summed E-state index contributed by atoms with van der Waals surface area (Å²) in [5, 5.41) is 6.97. The highest BCUT2D eigenvalue weighted by molar-refractivity contribution is 7.99. The van der Waals surface area contributed by atoms with Crippen molar-refractivity contribution in [2.75, 3.05) is 29.0 Å². The monoisotopic (exact) mass is 565 g/mol. The Bertz CT molecular complexity index is 1390. The van der Waals surface area contributed by atoms with E-state index in [0.717, 1.165) is 53.5 Å². The number of anilines is 3. The van der Waals surface area contributed by atoms with Gasteiger partial charge in [0, 0.05) is 36.5 Å². The molecule has 0 radical (unpaired) electrons. The van der Waals surface area contributed by atoms with E-state index in [4.69, 9.17) is 23.1 Å². The first-order valence-electron chi connectivity index (χ1n) is 13.0. The number of piperidine rings is 2. The number of nitrogen functional groups attached to an aromatic ring is 1. The Kier molecular flexibility index (Phi) is 7.97. The Labute approximate surface area is 237 Å². The van der Waals surface area contributed by atoms with E-state index in [1.165, 1.54) is 11.8 Å². The van der Waals surface area contributed by atoms with E-state index in [-0.39, 0.29) is 23.3 Å². The summed E-state index contributed by atoms with van der Waals surface area (Å²) in [7, 11) is 0. The van der Waals surface area contributed by atoms with Gasteiger partial charge in [0.15, 0.2) is 5.82 Å². The van der Waals surface area contributed by atoms with Crippen molar-refractivity contribution in [2.24, 2.45) is 5.73 Å². The van der Waals surface area contributed by atoms with Gasteiger partial charge in [0.2, 0.25) is 11.8 Å². The highest BCUT2D eigenvalue weighted by Crippen LogP contribution is 2.39. The topological polar surface area (TPSA) is 139 Å². The molecule has 1 unspecified atom stereocenters. The first kappa shape index (κ1) is 27.2. The summed E-state index contributed by atoms with van der Waals surface area (Å²) in [5.41, 5.74) is 15.1. The molecule has 2 aliphatic rings. The van der Waals surface area contributed by atoms with Gasteiger partial charge in [0.05, 0.1) is 22.8 Å². The summed E-state index contributed by atoms with van der Waals surface area (Å²) < 4.78 is 0. The first-order chi connectivity index (χ1) is 18.7. The maximum Gasteiger partial charge on any atom is 0.234 e. The van der Waals surface area contributed by atoms with Gasteiger partial charge in [-0.15, -0.1) is 0 Å². The van der Waals surface area contributed by atoms with Crippen LogP contribution in [0.25, 0.3) is 0 Å². The lowest BCUT2D eigenvalue weighted by molar-refractivity contribution is -0.134. The van der Waals surface area contributed by atoms with Gasteiger partial charge in [0.25, 0.3) is 0 Å². The Hall–Kier alpha value is -3.34. The summed E-state index contributed by atoms with van der Waals surface area (Å²) in [6.07, 6.45) is 4.40. The molecule has 9 nitrogen and oxygen atoms in total. The van der Waals surface area contributed by atoms with Gasteiger partial charge in [-0.1, -0.05) is 53.7 Å². The van der Waals surface area contributed by atoms with Crippen molar-refractivity contribution < 1.29 is 9.59 Å². The van der Waals surface area contributed by atoms with Crippen molar-refractivity contribution in [2.45, 2.75) is 60.5 Å². The van der Waals surface area contributed by atoms with Crippen LogP contribution in [0.15, 0.2) is 58.6 Å². The van der Waals surface area contributed by atoms with E-state index in [9.17, 15) is 9.59 Å². The molecule has 2 fully saturated rings. The van der Waals surface area contributed by atoms with Gasteiger partial charge in [0.1, 0.15) is 10.8 Å². The average molecular weight is 566 g/mol. The Balaban J connectivity index is 1.24. The second kappa shape index (κ2) is 11.4. The number of imide groups is 1. The van der Waals surface area contributed by atoms with Crippen molar-refractivity contribution in [1.82, 2.24) is 15.3 Å². The zero-order chi connectivity index (χ0) is 27.6. The van der Waals surface area contributed by atoms with Crippen LogP contribution in [-0.4, -0.2) is 40.4 Å². The van der Waals surface area contributed by atoms with Gasteiger partial charge >= 0.3 is 0 Å². The van der Waals surface area contributed by atoms with Crippen molar-refractivity contribution in [3.63, 3.8) is 0 Å². The fraction of sp³-hybridized carbons (Fsp3) is 0.357. The molecule has 6 N–H and O–H groups in total. The Morgan fingerprint density at radius 1 is 1.21 bits per heavy atom. The number of aromatic nitrogens is 2. The van der Waals surface area contributed by atoms with Gasteiger partial charge < -0.3 is 21.7 Å². The van der Waals surface area contributed by atoms with Crippen LogP contribution in [0, 0.1) is 0 Å². The quantitative estimate of drug-likeness (QED) is 0.308. The number of nitrogens with one attached hydrogen (secondary N) is 2. The minimum atomic E-state index is -0.320. The fourth-order valence-electron chi connectivity index (χ4n) is 4.82. The molecular formula is C28H32ClN7O2S. The molecule has 2 saturated heterocycles. The molecule has 5 rings (SSSR count). The van der Waals surface area contributed by atoms with Crippen LogP contribution in [-0.2, 0) is 16.1 Å². The molecule has 2 aliphatic heterocycles. The highest BCUT2D eigenvalue weighted by Gasteiger charge is 2.28. The van der Waals surface area contributed by atoms with E-state index in [1.54, 1.807) is 6.20 Å². The molecule has 0 bridgehead atoms. The summed E-state index contributed by atoms with van der Waals surface area (Å²) in [4.78, 5) is 35.9. The highest BCUT2D eigenvalue weighted by atomic mass is 35.5. The summed E-state index contributed by atoms with van der Waals surface area (Å²) in [6, 6.07) is 13.6. The largest absolute Gasteiger partial charge is 0.381 e. The number of carbonyl (C=O) groups excluding carboxylic acids is 2. The number of carbonyl (C=O) groups is 2. The van der Waals surface area contributed by atoms with E-state index in [0.29, 0.717) is 35.3 Å². The van der Waals surface area contributed by atoms with Gasteiger partial charge in [-0.2, -0.15) is 0 Å². The van der Waals surface area contributed by atoms with Crippen LogP contribution in [0.4, 0.5) is 17.3 Å². The van der Waals surface area contributed by atoms with Crippen LogP contribution in [0.2, 0.25) is 5.02 Å². The van der Waals surface area contributed by atoms with Crippen molar-refractivity contribution in [3.8, 4) is 0 Å². The third kappa shape index (κ3) is 6.46. The van der Waals surface area contributed by atoms with E-state index >= 15 is 0 Å². The number of hydrogen-bond donors (Lipinski definition) is 4. The number of amides is 2. The molecule has 0 saturated carbocycles. The minimum Gasteiger partial charge on any atom is -0.381 e. The average Bonchev–Trinajstić information content (AvgIpc) is 2.90. The molecule has 0 spiro atoms. The summed E-state index contributed by atoms with van der Waals surface area (Å²) in [5.74, 6) is 0.340. The summed E-state index contributed by atoms with van der Waals surface area (Å²) in [6.45, 7) is 4.24. The SMILES string of the molecule is CC1(N)CCN(c2cnc(Sc3cccc(NCc4cccc(C5CCC(=O)NC5=O)c4)c3Cl)c(N)n2)CC1. The minimum absolute atomic E-state index is 0.141. The van der Waals surface area contributed by atoms with Gasteiger partial charge in [-0.3, -0.25) is 14.9 Å².